The molecule has 5 rings (SSSR count). The highest BCUT2D eigenvalue weighted by Gasteiger charge is 2.46. The predicted octanol–water partition coefficient (Wildman–Crippen LogP) is 6.52. The standard InChI is InChI=1S/C28H24FN3O5S2/c1-2-3-13-36-19-10-6-9-17(15-19)23-22(24(33)21-12-7-14-37-21)25(34)26(35)32(23)27-30-31-28(39-27)38-16-18-8-4-5-11-20(18)29/h4-12,14-15,23,34H,2-3,13,16H2,1H3. The van der Waals surface area contributed by atoms with Crippen molar-refractivity contribution >= 4 is 39.9 Å². The number of ether oxygens (including phenoxy) is 1. The number of amides is 1. The third-order valence-electron chi connectivity index (χ3n) is 6.05. The SMILES string of the molecule is CCCCOc1cccc(C2C(C(=O)c3ccco3)=C(O)C(=O)N2c2nnc(SCc3ccccc3F)s2)c1. The first kappa shape index (κ1) is 26.6. The number of carbonyl (C=O) groups is 2. The number of carbonyl (C=O) groups excluding carboxylic acids is 2. The average Bonchev–Trinajstić information content (AvgIpc) is 3.69. The summed E-state index contributed by atoms with van der Waals surface area (Å²) >= 11 is 2.39. The van der Waals surface area contributed by atoms with Gasteiger partial charge in [0.05, 0.1) is 24.5 Å². The van der Waals surface area contributed by atoms with Crippen LogP contribution in [0.2, 0.25) is 0 Å². The number of ketones is 1. The fraction of sp³-hybridized carbons (Fsp3) is 0.214. The first-order chi connectivity index (χ1) is 19.0. The number of nitrogens with zero attached hydrogens (tertiary/aromatic N) is 3. The number of furan rings is 1. The number of thioether (sulfide) groups is 1. The van der Waals surface area contributed by atoms with Crippen molar-refractivity contribution in [3.05, 3.63) is 101 Å². The highest BCUT2D eigenvalue weighted by atomic mass is 32.2. The zero-order chi connectivity index (χ0) is 27.4. The fourth-order valence-electron chi connectivity index (χ4n) is 4.11. The normalized spacial score (nSPS) is 15.3. The summed E-state index contributed by atoms with van der Waals surface area (Å²) < 4.78 is 25.7. The Morgan fingerprint density at radius 3 is 2.79 bits per heavy atom. The van der Waals surface area contributed by atoms with Crippen LogP contribution in [-0.2, 0) is 10.5 Å². The van der Waals surface area contributed by atoms with E-state index in [4.69, 9.17) is 9.15 Å². The van der Waals surface area contributed by atoms with Crippen LogP contribution in [0.5, 0.6) is 5.75 Å². The number of aromatic nitrogens is 2. The number of aliphatic hydroxyl groups is 1. The summed E-state index contributed by atoms with van der Waals surface area (Å²) in [6, 6.07) is 15.5. The quantitative estimate of drug-likeness (QED) is 0.0948. The minimum absolute atomic E-state index is 0.00931. The lowest BCUT2D eigenvalue weighted by Gasteiger charge is -2.24. The molecule has 1 unspecified atom stereocenters. The summed E-state index contributed by atoms with van der Waals surface area (Å²) in [6.07, 6.45) is 3.19. The number of unbranched alkanes of at least 4 members (excludes halogenated alkanes) is 1. The lowest BCUT2D eigenvalue weighted by atomic mass is 9.95. The summed E-state index contributed by atoms with van der Waals surface area (Å²) in [6.45, 7) is 2.58. The van der Waals surface area contributed by atoms with Crippen molar-refractivity contribution in [1.82, 2.24) is 10.2 Å². The summed E-state index contributed by atoms with van der Waals surface area (Å²) in [4.78, 5) is 28.1. The molecule has 8 nitrogen and oxygen atoms in total. The molecule has 1 aliphatic rings. The topological polar surface area (TPSA) is 106 Å². The van der Waals surface area contributed by atoms with Crippen LogP contribution in [0.1, 0.15) is 47.5 Å². The Balaban J connectivity index is 1.49. The van der Waals surface area contributed by atoms with Gasteiger partial charge in [-0.2, -0.15) is 0 Å². The van der Waals surface area contributed by atoms with Crippen molar-refractivity contribution in [2.45, 2.75) is 35.9 Å². The van der Waals surface area contributed by atoms with Gasteiger partial charge >= 0.3 is 0 Å². The molecule has 4 aromatic rings. The van der Waals surface area contributed by atoms with Gasteiger partial charge in [-0.3, -0.25) is 14.5 Å². The smallest absolute Gasteiger partial charge is 0.296 e. The van der Waals surface area contributed by atoms with E-state index in [2.05, 4.69) is 17.1 Å². The zero-order valence-corrected chi connectivity index (χ0v) is 22.5. The summed E-state index contributed by atoms with van der Waals surface area (Å²) in [5, 5.41) is 19.5. The van der Waals surface area contributed by atoms with Gasteiger partial charge in [-0.25, -0.2) is 4.39 Å². The van der Waals surface area contributed by atoms with E-state index in [1.54, 1.807) is 48.5 Å². The van der Waals surface area contributed by atoms with Gasteiger partial charge in [-0.15, -0.1) is 10.2 Å². The molecule has 39 heavy (non-hydrogen) atoms. The minimum atomic E-state index is -0.998. The molecule has 0 saturated carbocycles. The maximum absolute atomic E-state index is 14.1. The predicted molar refractivity (Wildman–Crippen MR) is 146 cm³/mol. The first-order valence-corrected chi connectivity index (χ1v) is 14.1. The minimum Gasteiger partial charge on any atom is -0.503 e. The highest BCUT2D eigenvalue weighted by Crippen LogP contribution is 2.44. The van der Waals surface area contributed by atoms with Crippen molar-refractivity contribution in [3.8, 4) is 5.75 Å². The molecule has 0 bridgehead atoms. The molecular weight excluding hydrogens is 541 g/mol. The van der Waals surface area contributed by atoms with Crippen LogP contribution in [-0.4, -0.2) is 33.6 Å². The number of halogens is 1. The Bertz CT molecular complexity index is 1520. The first-order valence-electron chi connectivity index (χ1n) is 12.2. The molecule has 1 atom stereocenters. The molecular formula is C28H24FN3O5S2. The third-order valence-corrected chi connectivity index (χ3v) is 8.15. The molecule has 0 radical (unpaired) electrons. The summed E-state index contributed by atoms with van der Waals surface area (Å²) in [5.74, 6) is -1.52. The summed E-state index contributed by atoms with van der Waals surface area (Å²) in [5.41, 5.74) is 0.934. The molecule has 1 N–H and O–H groups in total. The molecule has 11 heteroatoms. The van der Waals surface area contributed by atoms with E-state index in [0.717, 1.165) is 24.2 Å². The maximum Gasteiger partial charge on any atom is 0.296 e. The maximum atomic E-state index is 14.1. The Labute approximate surface area is 232 Å². The van der Waals surface area contributed by atoms with Crippen molar-refractivity contribution in [1.29, 1.82) is 0 Å². The van der Waals surface area contributed by atoms with E-state index in [9.17, 15) is 19.1 Å². The highest BCUT2D eigenvalue weighted by molar-refractivity contribution is 8.00. The molecule has 200 valence electrons. The summed E-state index contributed by atoms with van der Waals surface area (Å²) in [7, 11) is 0. The lowest BCUT2D eigenvalue weighted by Crippen LogP contribution is -2.31. The Hall–Kier alpha value is -3.96. The molecule has 3 heterocycles. The van der Waals surface area contributed by atoms with E-state index in [-0.39, 0.29) is 22.3 Å². The van der Waals surface area contributed by atoms with Gasteiger partial charge in [0, 0.05) is 5.75 Å². The Morgan fingerprint density at radius 2 is 2.03 bits per heavy atom. The zero-order valence-electron chi connectivity index (χ0n) is 20.9. The molecule has 2 aromatic carbocycles. The number of benzene rings is 2. The van der Waals surface area contributed by atoms with Crippen LogP contribution in [0.3, 0.4) is 0 Å². The van der Waals surface area contributed by atoms with Crippen LogP contribution in [0.15, 0.2) is 87.0 Å². The second-order valence-electron chi connectivity index (χ2n) is 8.65. The number of hydrogen-bond acceptors (Lipinski definition) is 9. The van der Waals surface area contributed by atoms with Crippen molar-refractivity contribution < 1.29 is 28.2 Å². The molecule has 0 spiro atoms. The average molecular weight is 566 g/mol. The van der Waals surface area contributed by atoms with Crippen molar-refractivity contribution in [3.63, 3.8) is 0 Å². The van der Waals surface area contributed by atoms with E-state index in [0.29, 0.717) is 33.6 Å². The molecule has 1 amide bonds. The van der Waals surface area contributed by atoms with Crippen molar-refractivity contribution in [2.24, 2.45) is 0 Å². The largest absolute Gasteiger partial charge is 0.503 e. The number of aliphatic hydroxyl groups excluding tert-OH is 1. The van der Waals surface area contributed by atoms with Crippen LogP contribution in [0, 0.1) is 5.82 Å². The van der Waals surface area contributed by atoms with Crippen LogP contribution in [0.4, 0.5) is 9.52 Å². The lowest BCUT2D eigenvalue weighted by molar-refractivity contribution is -0.117. The van der Waals surface area contributed by atoms with Crippen molar-refractivity contribution in [2.75, 3.05) is 11.5 Å². The van der Waals surface area contributed by atoms with E-state index in [1.807, 2.05) is 0 Å². The van der Waals surface area contributed by atoms with Crippen LogP contribution < -0.4 is 9.64 Å². The Morgan fingerprint density at radius 1 is 1.18 bits per heavy atom. The molecule has 2 aromatic heterocycles. The van der Waals surface area contributed by atoms with Gasteiger partial charge in [-0.1, -0.05) is 66.8 Å². The second-order valence-corrected chi connectivity index (χ2v) is 10.8. The van der Waals surface area contributed by atoms with Crippen LogP contribution in [0.25, 0.3) is 0 Å². The third kappa shape index (κ3) is 5.59. The van der Waals surface area contributed by atoms with E-state index in [1.165, 1.54) is 35.1 Å². The number of rotatable bonds is 11. The van der Waals surface area contributed by atoms with Gasteiger partial charge in [0.15, 0.2) is 15.9 Å². The van der Waals surface area contributed by atoms with Gasteiger partial charge in [-0.05, 0) is 47.9 Å². The molecule has 0 aliphatic carbocycles. The van der Waals surface area contributed by atoms with Gasteiger partial charge < -0.3 is 14.3 Å². The number of hydrogen-bond donors (Lipinski definition) is 1. The fourth-order valence-corrected chi connectivity index (χ4v) is 5.97. The monoisotopic (exact) mass is 565 g/mol. The second kappa shape index (κ2) is 11.8. The number of Topliss-reactive ketones (excluding diaryl/α,β-unsaturated/α-hetero) is 1. The van der Waals surface area contributed by atoms with Gasteiger partial charge in [0.25, 0.3) is 5.91 Å². The molecule has 0 saturated heterocycles. The van der Waals surface area contributed by atoms with E-state index < -0.39 is 23.5 Å². The van der Waals surface area contributed by atoms with E-state index >= 15 is 0 Å². The molecule has 0 fully saturated rings. The van der Waals surface area contributed by atoms with Gasteiger partial charge in [0.1, 0.15) is 11.6 Å². The molecule has 1 aliphatic heterocycles. The van der Waals surface area contributed by atoms with Gasteiger partial charge in [0.2, 0.25) is 10.9 Å². The van der Waals surface area contributed by atoms with Crippen LogP contribution >= 0.6 is 23.1 Å². The Kier molecular flexibility index (Phi) is 8.08. The number of anilines is 1.